The maximum absolute atomic E-state index is 13.3. The number of rotatable bonds is 4. The number of furan rings is 1. The molecule has 2 aliphatic heterocycles. The van der Waals surface area contributed by atoms with Crippen molar-refractivity contribution in [1.82, 2.24) is 15.2 Å². The standard InChI is InChI=1S/C35H35N5O3/c1-20-17-36-32(38-20)25-12-13-27-28(19-40(29(27)14-25)34(41)43-35(3,4)5)22-6-8-23(9-7-22)30-15-24-10-11-26(16-31(24)42-30)33-37-18-21(2)39-33/h6-16,19-21H,17-18H2,1-5H3,(H,36,38)(H,37,39). The number of nitrogens with zero attached hydrogens (tertiary/aromatic N) is 3. The zero-order valence-corrected chi connectivity index (χ0v) is 25.1. The topological polar surface area (TPSA) is 93.2 Å². The molecule has 2 atom stereocenters. The van der Waals surface area contributed by atoms with Crippen molar-refractivity contribution in [1.29, 1.82) is 0 Å². The van der Waals surface area contributed by atoms with Crippen LogP contribution in [-0.2, 0) is 4.74 Å². The molecule has 4 heterocycles. The number of hydrogen-bond acceptors (Lipinski definition) is 7. The fourth-order valence-corrected chi connectivity index (χ4v) is 5.67. The molecule has 43 heavy (non-hydrogen) atoms. The number of benzene rings is 3. The van der Waals surface area contributed by atoms with E-state index in [1.807, 2.05) is 39.1 Å². The van der Waals surface area contributed by atoms with Crippen molar-refractivity contribution < 1.29 is 13.9 Å². The van der Waals surface area contributed by atoms with Crippen LogP contribution in [0.1, 0.15) is 45.7 Å². The minimum absolute atomic E-state index is 0.216. The van der Waals surface area contributed by atoms with Crippen molar-refractivity contribution in [3.8, 4) is 22.5 Å². The SMILES string of the molecule is CC1CNC(c2ccc3cc(-c4ccc(-c5cn(C(=O)OC(C)(C)C)c6cc(C7=NC(C)CN7)ccc56)cc4)oc3c2)=N1. The molecule has 0 bridgehead atoms. The number of ether oxygens (including phenoxy) is 1. The zero-order valence-electron chi connectivity index (χ0n) is 25.1. The third-order valence-corrected chi connectivity index (χ3v) is 7.77. The van der Waals surface area contributed by atoms with E-state index >= 15 is 0 Å². The summed E-state index contributed by atoms with van der Waals surface area (Å²) in [6, 6.07) is 23.1. The van der Waals surface area contributed by atoms with Gasteiger partial charge in [-0.3, -0.25) is 14.6 Å². The summed E-state index contributed by atoms with van der Waals surface area (Å²) < 4.78 is 13.7. The molecule has 0 saturated carbocycles. The molecule has 0 fully saturated rings. The van der Waals surface area contributed by atoms with Crippen LogP contribution in [0.3, 0.4) is 0 Å². The van der Waals surface area contributed by atoms with E-state index in [0.717, 1.165) is 80.2 Å². The number of hydrogen-bond donors (Lipinski definition) is 2. The van der Waals surface area contributed by atoms with Crippen LogP contribution in [0.4, 0.5) is 4.79 Å². The number of carbonyl (C=O) groups excluding carboxylic acids is 1. The van der Waals surface area contributed by atoms with Crippen molar-refractivity contribution >= 4 is 39.6 Å². The average Bonchev–Trinajstić information content (AvgIpc) is 3.77. The summed E-state index contributed by atoms with van der Waals surface area (Å²) in [5.74, 6) is 2.56. The Morgan fingerprint density at radius 1 is 0.837 bits per heavy atom. The molecule has 2 unspecified atom stereocenters. The molecule has 5 aromatic rings. The fraction of sp³-hybridized carbons (Fsp3) is 0.286. The molecule has 0 aliphatic carbocycles. The van der Waals surface area contributed by atoms with Crippen LogP contribution in [0.25, 0.3) is 44.3 Å². The van der Waals surface area contributed by atoms with E-state index in [1.165, 1.54) is 0 Å². The summed E-state index contributed by atoms with van der Waals surface area (Å²) in [4.78, 5) is 22.7. The Morgan fingerprint density at radius 3 is 2.07 bits per heavy atom. The van der Waals surface area contributed by atoms with Crippen molar-refractivity contribution in [2.45, 2.75) is 52.3 Å². The van der Waals surface area contributed by atoms with Gasteiger partial charge in [0, 0.05) is 52.3 Å². The highest BCUT2D eigenvalue weighted by Gasteiger charge is 2.23. The molecule has 0 radical (unpaired) electrons. The summed E-state index contributed by atoms with van der Waals surface area (Å²) in [6.45, 7) is 11.5. The van der Waals surface area contributed by atoms with Gasteiger partial charge >= 0.3 is 6.09 Å². The quantitative estimate of drug-likeness (QED) is 0.242. The Morgan fingerprint density at radius 2 is 1.44 bits per heavy atom. The summed E-state index contributed by atoms with van der Waals surface area (Å²) in [5, 5.41) is 8.74. The first kappa shape index (κ1) is 27.0. The summed E-state index contributed by atoms with van der Waals surface area (Å²) in [5.41, 5.74) is 5.87. The number of fused-ring (bicyclic) bond motifs is 2. The van der Waals surface area contributed by atoms with Gasteiger partial charge in [0.15, 0.2) is 0 Å². The van der Waals surface area contributed by atoms with E-state index in [2.05, 4.69) is 84.1 Å². The van der Waals surface area contributed by atoms with E-state index in [-0.39, 0.29) is 12.1 Å². The van der Waals surface area contributed by atoms with Gasteiger partial charge in [0.05, 0.1) is 17.6 Å². The molecular weight excluding hydrogens is 538 g/mol. The van der Waals surface area contributed by atoms with Crippen molar-refractivity contribution in [3.05, 3.63) is 84.1 Å². The second-order valence-corrected chi connectivity index (χ2v) is 12.5. The van der Waals surface area contributed by atoms with Gasteiger partial charge in [-0.25, -0.2) is 4.79 Å². The largest absolute Gasteiger partial charge is 0.456 e. The minimum Gasteiger partial charge on any atom is -0.456 e. The van der Waals surface area contributed by atoms with Crippen LogP contribution in [0, 0.1) is 0 Å². The van der Waals surface area contributed by atoms with E-state index in [1.54, 1.807) is 4.57 Å². The van der Waals surface area contributed by atoms with E-state index in [9.17, 15) is 4.79 Å². The Bertz CT molecular complexity index is 1940. The number of carbonyl (C=O) groups is 1. The maximum Gasteiger partial charge on any atom is 0.419 e. The molecular formula is C35H35N5O3. The van der Waals surface area contributed by atoms with Gasteiger partial charge in [-0.1, -0.05) is 48.5 Å². The van der Waals surface area contributed by atoms with Gasteiger partial charge in [0.25, 0.3) is 0 Å². The number of nitrogens with one attached hydrogen (secondary N) is 2. The normalized spacial score (nSPS) is 18.4. The molecule has 2 aliphatic rings. The monoisotopic (exact) mass is 573 g/mol. The highest BCUT2D eigenvalue weighted by atomic mass is 16.6. The lowest BCUT2D eigenvalue weighted by Gasteiger charge is -2.19. The van der Waals surface area contributed by atoms with Gasteiger partial charge in [-0.05, 0) is 58.4 Å². The molecule has 2 N–H and O–H groups in total. The predicted octanol–water partition coefficient (Wildman–Crippen LogP) is 6.98. The molecule has 7 rings (SSSR count). The first-order valence-electron chi connectivity index (χ1n) is 14.8. The van der Waals surface area contributed by atoms with Gasteiger partial charge < -0.3 is 19.8 Å². The van der Waals surface area contributed by atoms with Crippen LogP contribution in [0.15, 0.2) is 87.3 Å². The molecule has 8 heteroatoms. The molecule has 0 spiro atoms. The second-order valence-electron chi connectivity index (χ2n) is 12.5. The molecule has 8 nitrogen and oxygen atoms in total. The van der Waals surface area contributed by atoms with Gasteiger partial charge in [-0.2, -0.15) is 0 Å². The molecule has 218 valence electrons. The molecule has 2 aromatic heterocycles. The third kappa shape index (κ3) is 5.18. The lowest BCUT2D eigenvalue weighted by atomic mass is 10.0. The van der Waals surface area contributed by atoms with Crippen molar-refractivity contribution in [3.63, 3.8) is 0 Å². The van der Waals surface area contributed by atoms with Crippen molar-refractivity contribution in [2.75, 3.05) is 13.1 Å². The average molecular weight is 574 g/mol. The molecule has 0 saturated heterocycles. The Kier molecular flexibility index (Phi) is 6.38. The van der Waals surface area contributed by atoms with Gasteiger partial charge in [0.2, 0.25) is 0 Å². The van der Waals surface area contributed by atoms with Crippen molar-refractivity contribution in [2.24, 2.45) is 9.98 Å². The number of amidine groups is 2. The first-order valence-corrected chi connectivity index (χ1v) is 14.8. The van der Waals surface area contributed by atoms with E-state index in [0.29, 0.717) is 0 Å². The van der Waals surface area contributed by atoms with Gasteiger partial charge in [-0.15, -0.1) is 0 Å². The lowest BCUT2D eigenvalue weighted by Crippen LogP contribution is -2.26. The van der Waals surface area contributed by atoms with Crippen LogP contribution < -0.4 is 10.6 Å². The highest BCUT2D eigenvalue weighted by Crippen LogP contribution is 2.35. The Hall–Kier alpha value is -4.85. The smallest absolute Gasteiger partial charge is 0.419 e. The van der Waals surface area contributed by atoms with Crippen LogP contribution >= 0.6 is 0 Å². The summed E-state index contributed by atoms with van der Waals surface area (Å²) in [6.07, 6.45) is 1.45. The number of aromatic nitrogens is 1. The van der Waals surface area contributed by atoms with Crippen LogP contribution in [0.5, 0.6) is 0 Å². The van der Waals surface area contributed by atoms with E-state index in [4.69, 9.17) is 14.1 Å². The van der Waals surface area contributed by atoms with E-state index < -0.39 is 11.7 Å². The third-order valence-electron chi connectivity index (χ3n) is 7.77. The number of aliphatic imine (C=N–C) groups is 2. The maximum atomic E-state index is 13.3. The fourth-order valence-electron chi connectivity index (χ4n) is 5.67. The van der Waals surface area contributed by atoms with Crippen LogP contribution in [0.2, 0.25) is 0 Å². The highest BCUT2D eigenvalue weighted by molar-refractivity contribution is 6.07. The predicted molar refractivity (Wildman–Crippen MR) is 172 cm³/mol. The zero-order chi connectivity index (χ0) is 29.9. The lowest BCUT2D eigenvalue weighted by molar-refractivity contribution is 0.0544. The van der Waals surface area contributed by atoms with Crippen LogP contribution in [-0.4, -0.2) is 53.1 Å². The minimum atomic E-state index is -0.619. The Balaban J connectivity index is 1.24. The molecule has 3 aromatic carbocycles. The Labute approximate surface area is 250 Å². The molecule has 0 amide bonds. The summed E-state index contributed by atoms with van der Waals surface area (Å²) >= 11 is 0. The second kappa shape index (κ2) is 10.2. The van der Waals surface area contributed by atoms with Gasteiger partial charge in [0.1, 0.15) is 28.6 Å². The first-order chi connectivity index (χ1) is 20.6. The summed E-state index contributed by atoms with van der Waals surface area (Å²) in [7, 11) is 0.